The molecule has 6 nitrogen and oxygen atoms in total. The summed E-state index contributed by atoms with van der Waals surface area (Å²) in [4.78, 5) is 18.9. The molecule has 2 heterocycles. The van der Waals surface area contributed by atoms with Crippen molar-refractivity contribution in [2.24, 2.45) is 16.3 Å². The van der Waals surface area contributed by atoms with E-state index in [0.29, 0.717) is 24.5 Å². The number of benzene rings is 1. The van der Waals surface area contributed by atoms with Crippen LogP contribution in [0.5, 0.6) is 0 Å². The second-order valence-electron chi connectivity index (χ2n) is 8.71. The van der Waals surface area contributed by atoms with Gasteiger partial charge in [-0.05, 0) is 30.9 Å². The summed E-state index contributed by atoms with van der Waals surface area (Å²) < 4.78 is 5.87. The van der Waals surface area contributed by atoms with Crippen LogP contribution in [-0.4, -0.2) is 50.8 Å². The Hall–Kier alpha value is -1.35. The van der Waals surface area contributed by atoms with Gasteiger partial charge in [-0.1, -0.05) is 32.0 Å². The molecule has 0 radical (unpaired) electrons. The molecule has 1 saturated heterocycles. The Balaban J connectivity index is 0.00000240. The van der Waals surface area contributed by atoms with Crippen LogP contribution in [0.3, 0.4) is 0 Å². The Morgan fingerprint density at radius 3 is 2.93 bits per heavy atom. The SMILES string of the molecule is CN=C(NCCCC(=O)N1CCc2ccccc21)NC1C2CCOC2C1(C)C.I. The molecule has 1 aromatic carbocycles. The van der Waals surface area contributed by atoms with E-state index in [-0.39, 0.29) is 35.3 Å². The molecule has 7 heteroatoms. The van der Waals surface area contributed by atoms with Gasteiger partial charge in [0, 0.05) is 56.2 Å². The van der Waals surface area contributed by atoms with Crippen molar-refractivity contribution in [3.63, 3.8) is 0 Å². The lowest BCUT2D eigenvalue weighted by atomic mass is 9.57. The Bertz CT molecular complexity index is 767. The molecule has 160 valence electrons. The van der Waals surface area contributed by atoms with Crippen LogP contribution in [0.15, 0.2) is 29.3 Å². The fraction of sp³-hybridized carbons (Fsp3) is 0.636. The maximum absolute atomic E-state index is 12.6. The van der Waals surface area contributed by atoms with Gasteiger partial charge in [0.2, 0.25) is 5.91 Å². The third kappa shape index (κ3) is 4.26. The molecule has 3 aliphatic rings. The summed E-state index contributed by atoms with van der Waals surface area (Å²) in [5.41, 5.74) is 2.48. The number of fused-ring (bicyclic) bond motifs is 2. The highest BCUT2D eigenvalue weighted by atomic mass is 127. The predicted octanol–water partition coefficient (Wildman–Crippen LogP) is 2.95. The van der Waals surface area contributed by atoms with Crippen LogP contribution in [0, 0.1) is 11.3 Å². The largest absolute Gasteiger partial charge is 0.377 e. The number of halogens is 1. The number of nitrogens with one attached hydrogen (secondary N) is 2. The summed E-state index contributed by atoms with van der Waals surface area (Å²) >= 11 is 0. The van der Waals surface area contributed by atoms with Crippen molar-refractivity contribution < 1.29 is 9.53 Å². The van der Waals surface area contributed by atoms with E-state index in [4.69, 9.17) is 4.74 Å². The van der Waals surface area contributed by atoms with Crippen LogP contribution in [0.2, 0.25) is 0 Å². The van der Waals surface area contributed by atoms with E-state index < -0.39 is 0 Å². The maximum Gasteiger partial charge on any atom is 0.227 e. The second kappa shape index (κ2) is 9.20. The van der Waals surface area contributed by atoms with E-state index in [1.165, 1.54) is 5.56 Å². The quantitative estimate of drug-likeness (QED) is 0.276. The first-order valence-electron chi connectivity index (χ1n) is 10.5. The number of hydrogen-bond acceptors (Lipinski definition) is 3. The van der Waals surface area contributed by atoms with E-state index in [1.54, 1.807) is 7.05 Å². The zero-order valence-corrected chi connectivity index (χ0v) is 19.9. The van der Waals surface area contributed by atoms with Crippen LogP contribution in [-0.2, 0) is 16.0 Å². The number of anilines is 1. The molecule has 1 aromatic rings. The van der Waals surface area contributed by atoms with E-state index in [0.717, 1.165) is 50.6 Å². The molecule has 1 aliphatic carbocycles. The summed E-state index contributed by atoms with van der Waals surface area (Å²) in [6.07, 6.45) is 3.78. The third-order valence-corrected chi connectivity index (χ3v) is 6.66. The van der Waals surface area contributed by atoms with E-state index in [1.807, 2.05) is 23.1 Å². The third-order valence-electron chi connectivity index (χ3n) is 6.66. The monoisotopic (exact) mass is 512 g/mol. The smallest absolute Gasteiger partial charge is 0.227 e. The minimum atomic E-state index is 0. The molecular weight excluding hydrogens is 479 g/mol. The van der Waals surface area contributed by atoms with Crippen molar-refractivity contribution in [1.82, 2.24) is 10.6 Å². The molecule has 29 heavy (non-hydrogen) atoms. The molecular formula is C22H33IN4O2. The van der Waals surface area contributed by atoms with Crippen molar-refractivity contribution in [1.29, 1.82) is 0 Å². The average Bonchev–Trinajstić information content (AvgIpc) is 3.33. The summed E-state index contributed by atoms with van der Waals surface area (Å²) in [6.45, 7) is 6.92. The lowest BCUT2D eigenvalue weighted by Gasteiger charge is -2.54. The first-order chi connectivity index (χ1) is 13.5. The van der Waals surface area contributed by atoms with Crippen molar-refractivity contribution >= 4 is 41.5 Å². The van der Waals surface area contributed by atoms with Crippen molar-refractivity contribution in [3.05, 3.63) is 29.8 Å². The molecule has 2 aliphatic heterocycles. The number of nitrogens with zero attached hydrogens (tertiary/aromatic N) is 2. The fourth-order valence-electron chi connectivity index (χ4n) is 5.14. The van der Waals surface area contributed by atoms with E-state index >= 15 is 0 Å². The standard InChI is InChI=1S/C22H32N4O2.HI/c1-22(2)19(16-11-14-28-20(16)22)25-21(23-3)24-12-6-9-18(27)26-13-10-15-7-4-5-8-17(15)26;/h4-5,7-8,16,19-20H,6,9-14H2,1-3H3,(H2,23,24,25);1H. The highest BCUT2D eigenvalue weighted by Crippen LogP contribution is 2.52. The van der Waals surface area contributed by atoms with Crippen LogP contribution < -0.4 is 15.5 Å². The summed E-state index contributed by atoms with van der Waals surface area (Å²) in [5, 5.41) is 6.96. The first-order valence-corrected chi connectivity index (χ1v) is 10.5. The van der Waals surface area contributed by atoms with Gasteiger partial charge in [0.05, 0.1) is 6.10 Å². The number of hydrogen-bond donors (Lipinski definition) is 2. The molecule has 3 unspecified atom stereocenters. The maximum atomic E-state index is 12.6. The molecule has 2 N–H and O–H groups in total. The van der Waals surface area contributed by atoms with Gasteiger partial charge >= 0.3 is 0 Å². The van der Waals surface area contributed by atoms with Crippen molar-refractivity contribution in [2.75, 3.05) is 31.6 Å². The molecule has 1 amide bonds. The molecule has 2 fully saturated rings. The van der Waals surface area contributed by atoms with E-state index in [9.17, 15) is 4.79 Å². The Labute approximate surface area is 190 Å². The van der Waals surface area contributed by atoms with Gasteiger partial charge in [0.1, 0.15) is 0 Å². The molecule has 4 rings (SSSR count). The number of rotatable bonds is 5. The van der Waals surface area contributed by atoms with Crippen molar-refractivity contribution in [2.45, 2.75) is 51.7 Å². The number of carbonyl (C=O) groups is 1. The number of amides is 1. The van der Waals surface area contributed by atoms with Gasteiger partial charge in [-0.25, -0.2) is 0 Å². The van der Waals surface area contributed by atoms with Gasteiger partial charge in [-0.3, -0.25) is 9.79 Å². The Morgan fingerprint density at radius 2 is 2.14 bits per heavy atom. The molecule has 0 spiro atoms. The number of para-hydroxylation sites is 1. The molecule has 3 atom stereocenters. The second-order valence-corrected chi connectivity index (χ2v) is 8.71. The average molecular weight is 512 g/mol. The molecule has 0 aromatic heterocycles. The Kier molecular flexibility index (Phi) is 7.09. The molecule has 1 saturated carbocycles. The zero-order valence-electron chi connectivity index (χ0n) is 17.6. The number of guanidine groups is 1. The topological polar surface area (TPSA) is 66.0 Å². The van der Waals surface area contributed by atoms with Gasteiger partial charge in [-0.2, -0.15) is 0 Å². The minimum Gasteiger partial charge on any atom is -0.377 e. The normalized spacial score (nSPS) is 26.8. The number of ether oxygens (including phenoxy) is 1. The van der Waals surface area contributed by atoms with Crippen LogP contribution in [0.4, 0.5) is 5.69 Å². The highest BCUT2D eigenvalue weighted by molar-refractivity contribution is 14.0. The predicted molar refractivity (Wildman–Crippen MR) is 127 cm³/mol. The van der Waals surface area contributed by atoms with Gasteiger partial charge < -0.3 is 20.3 Å². The van der Waals surface area contributed by atoms with E-state index in [2.05, 4.69) is 35.5 Å². The zero-order chi connectivity index (χ0) is 19.7. The fourth-order valence-corrected chi connectivity index (χ4v) is 5.14. The van der Waals surface area contributed by atoms with Gasteiger partial charge in [-0.15, -0.1) is 24.0 Å². The lowest BCUT2D eigenvalue weighted by Crippen LogP contribution is -2.67. The number of carbonyl (C=O) groups excluding carboxylic acids is 1. The van der Waals surface area contributed by atoms with Crippen LogP contribution in [0.25, 0.3) is 0 Å². The van der Waals surface area contributed by atoms with Gasteiger partial charge in [0.15, 0.2) is 5.96 Å². The van der Waals surface area contributed by atoms with Crippen LogP contribution in [0.1, 0.15) is 38.7 Å². The summed E-state index contributed by atoms with van der Waals surface area (Å²) in [5.74, 6) is 1.61. The summed E-state index contributed by atoms with van der Waals surface area (Å²) in [6, 6.07) is 8.59. The van der Waals surface area contributed by atoms with Gasteiger partial charge in [0.25, 0.3) is 0 Å². The lowest BCUT2D eigenvalue weighted by molar-refractivity contribution is -0.118. The van der Waals surface area contributed by atoms with Crippen LogP contribution >= 0.6 is 24.0 Å². The van der Waals surface area contributed by atoms with Crippen molar-refractivity contribution in [3.8, 4) is 0 Å². The summed E-state index contributed by atoms with van der Waals surface area (Å²) in [7, 11) is 1.80. The number of aliphatic imine (C=N–C) groups is 1. The first kappa shape index (κ1) is 22.3. The highest BCUT2D eigenvalue weighted by Gasteiger charge is 2.59. The Morgan fingerprint density at radius 1 is 1.34 bits per heavy atom. The minimum absolute atomic E-state index is 0. The molecule has 0 bridgehead atoms.